The summed E-state index contributed by atoms with van der Waals surface area (Å²) < 4.78 is 10.5. The molecule has 100 valence electrons. The Hall–Kier alpha value is -1.06. The smallest absolute Gasteiger partial charge is 0.119 e. The highest BCUT2D eigenvalue weighted by Gasteiger charge is 2.13. The van der Waals surface area contributed by atoms with Crippen LogP contribution in [0.3, 0.4) is 0 Å². The number of piperidine rings is 1. The van der Waals surface area contributed by atoms with Crippen molar-refractivity contribution in [1.82, 2.24) is 5.32 Å². The van der Waals surface area contributed by atoms with Crippen LogP contribution in [-0.4, -0.2) is 33.4 Å². The minimum absolute atomic E-state index is 0.615. The average Bonchev–Trinajstić information content (AvgIpc) is 2.42. The predicted octanol–water partition coefficient (Wildman–Crippen LogP) is 2.25. The van der Waals surface area contributed by atoms with Gasteiger partial charge in [-0.2, -0.15) is 0 Å². The first-order chi connectivity index (χ1) is 8.88. The normalized spacial score (nSPS) is 16.7. The number of ether oxygens (including phenoxy) is 2. The number of rotatable bonds is 6. The van der Waals surface area contributed by atoms with Crippen molar-refractivity contribution in [3.8, 4) is 5.75 Å². The highest BCUT2D eigenvalue weighted by Crippen LogP contribution is 2.20. The summed E-state index contributed by atoms with van der Waals surface area (Å²) in [6.45, 7) is 3.59. The summed E-state index contributed by atoms with van der Waals surface area (Å²) in [4.78, 5) is 0. The number of hydrogen-bond acceptors (Lipinski definition) is 3. The van der Waals surface area contributed by atoms with Crippen molar-refractivity contribution in [2.75, 3.05) is 33.4 Å². The molecule has 18 heavy (non-hydrogen) atoms. The van der Waals surface area contributed by atoms with E-state index in [0.717, 1.165) is 11.7 Å². The van der Waals surface area contributed by atoms with E-state index in [1.165, 1.54) is 37.9 Å². The molecule has 1 heterocycles. The minimum atomic E-state index is 0.615. The third-order valence-electron chi connectivity index (χ3n) is 3.46. The monoisotopic (exact) mass is 249 g/mol. The van der Waals surface area contributed by atoms with Crippen LogP contribution in [0, 0.1) is 5.92 Å². The van der Waals surface area contributed by atoms with E-state index in [9.17, 15) is 0 Å². The van der Waals surface area contributed by atoms with Crippen LogP contribution < -0.4 is 10.1 Å². The lowest BCUT2D eigenvalue weighted by molar-refractivity contribution is 0.146. The van der Waals surface area contributed by atoms with Crippen molar-refractivity contribution in [3.05, 3.63) is 29.8 Å². The quantitative estimate of drug-likeness (QED) is 0.784. The van der Waals surface area contributed by atoms with Gasteiger partial charge in [-0.3, -0.25) is 0 Å². The third kappa shape index (κ3) is 4.31. The lowest BCUT2D eigenvalue weighted by Gasteiger charge is -2.22. The van der Waals surface area contributed by atoms with E-state index in [-0.39, 0.29) is 0 Å². The zero-order valence-electron chi connectivity index (χ0n) is 11.2. The maximum atomic E-state index is 5.56. The Labute approximate surface area is 109 Å². The van der Waals surface area contributed by atoms with Crippen LogP contribution in [0.4, 0.5) is 0 Å². The lowest BCUT2D eigenvalue weighted by atomic mass is 9.91. The van der Waals surface area contributed by atoms with Crippen molar-refractivity contribution in [3.63, 3.8) is 0 Å². The van der Waals surface area contributed by atoms with Crippen LogP contribution in [0.25, 0.3) is 0 Å². The largest absolute Gasteiger partial charge is 0.491 e. The number of hydrogen-bond donors (Lipinski definition) is 1. The summed E-state index contributed by atoms with van der Waals surface area (Å²) in [7, 11) is 1.69. The molecular formula is C15H23NO2. The molecule has 0 bridgehead atoms. The number of nitrogens with one attached hydrogen (secondary N) is 1. The van der Waals surface area contributed by atoms with Crippen LogP contribution in [-0.2, 0) is 11.2 Å². The van der Waals surface area contributed by atoms with Gasteiger partial charge in [-0.25, -0.2) is 0 Å². The first-order valence-electron chi connectivity index (χ1n) is 6.80. The molecular weight excluding hydrogens is 226 g/mol. The van der Waals surface area contributed by atoms with Gasteiger partial charge in [0.15, 0.2) is 0 Å². The van der Waals surface area contributed by atoms with Crippen molar-refractivity contribution >= 4 is 0 Å². The molecule has 2 rings (SSSR count). The summed E-state index contributed by atoms with van der Waals surface area (Å²) in [5.74, 6) is 1.77. The Balaban J connectivity index is 1.79. The van der Waals surface area contributed by atoms with Crippen LogP contribution in [0.5, 0.6) is 5.75 Å². The van der Waals surface area contributed by atoms with E-state index >= 15 is 0 Å². The lowest BCUT2D eigenvalue weighted by Crippen LogP contribution is -2.28. The molecule has 1 aromatic rings. The van der Waals surface area contributed by atoms with Gasteiger partial charge in [0.05, 0.1) is 6.61 Å². The molecule has 0 atom stereocenters. The van der Waals surface area contributed by atoms with Gasteiger partial charge in [-0.15, -0.1) is 0 Å². The fourth-order valence-corrected chi connectivity index (χ4v) is 2.38. The molecule has 0 radical (unpaired) electrons. The van der Waals surface area contributed by atoms with Crippen molar-refractivity contribution < 1.29 is 9.47 Å². The van der Waals surface area contributed by atoms with E-state index in [1.54, 1.807) is 7.11 Å². The summed E-state index contributed by atoms with van der Waals surface area (Å²) in [5, 5.41) is 3.41. The van der Waals surface area contributed by atoms with E-state index in [0.29, 0.717) is 13.2 Å². The zero-order valence-corrected chi connectivity index (χ0v) is 11.2. The van der Waals surface area contributed by atoms with Crippen molar-refractivity contribution in [2.45, 2.75) is 19.3 Å². The number of methoxy groups -OCH3 is 1. The predicted molar refractivity (Wildman–Crippen MR) is 73.1 cm³/mol. The molecule has 1 fully saturated rings. The summed E-state index contributed by atoms with van der Waals surface area (Å²) in [6, 6.07) is 8.49. The molecule has 1 aromatic carbocycles. The summed E-state index contributed by atoms with van der Waals surface area (Å²) >= 11 is 0. The van der Waals surface area contributed by atoms with E-state index < -0.39 is 0 Å². The van der Waals surface area contributed by atoms with E-state index in [2.05, 4.69) is 29.6 Å². The van der Waals surface area contributed by atoms with Crippen LogP contribution in [0.1, 0.15) is 18.4 Å². The van der Waals surface area contributed by atoms with Crippen LogP contribution in [0.2, 0.25) is 0 Å². The first-order valence-corrected chi connectivity index (χ1v) is 6.80. The molecule has 0 saturated carbocycles. The molecule has 0 aliphatic carbocycles. The molecule has 1 saturated heterocycles. The highest BCUT2D eigenvalue weighted by atomic mass is 16.5. The standard InChI is InChI=1S/C15H23NO2/c1-17-10-11-18-15-4-2-13(3-5-15)12-14-6-8-16-9-7-14/h2-5,14,16H,6-12H2,1H3. The van der Waals surface area contributed by atoms with Gasteiger partial charge >= 0.3 is 0 Å². The fourth-order valence-electron chi connectivity index (χ4n) is 2.38. The van der Waals surface area contributed by atoms with Gasteiger partial charge in [0.25, 0.3) is 0 Å². The average molecular weight is 249 g/mol. The SMILES string of the molecule is COCCOc1ccc(CC2CCNCC2)cc1. The molecule has 1 aliphatic rings. The van der Waals surface area contributed by atoms with Gasteiger partial charge in [0, 0.05) is 7.11 Å². The highest BCUT2D eigenvalue weighted by molar-refractivity contribution is 5.27. The maximum absolute atomic E-state index is 5.56. The van der Waals surface area contributed by atoms with Gasteiger partial charge in [-0.1, -0.05) is 12.1 Å². The van der Waals surface area contributed by atoms with Gasteiger partial charge in [0.1, 0.15) is 12.4 Å². The van der Waals surface area contributed by atoms with Gasteiger partial charge in [0.2, 0.25) is 0 Å². The second-order valence-electron chi connectivity index (χ2n) is 4.88. The van der Waals surface area contributed by atoms with Crippen molar-refractivity contribution in [1.29, 1.82) is 0 Å². The zero-order chi connectivity index (χ0) is 12.6. The second kappa shape index (κ2) is 7.39. The molecule has 3 nitrogen and oxygen atoms in total. The summed E-state index contributed by atoms with van der Waals surface area (Å²) in [6.07, 6.45) is 3.79. The molecule has 1 aliphatic heterocycles. The number of benzene rings is 1. The van der Waals surface area contributed by atoms with Crippen molar-refractivity contribution in [2.24, 2.45) is 5.92 Å². The Bertz CT molecular complexity index is 331. The maximum Gasteiger partial charge on any atom is 0.119 e. The topological polar surface area (TPSA) is 30.5 Å². The molecule has 3 heteroatoms. The summed E-state index contributed by atoms with van der Waals surface area (Å²) in [5.41, 5.74) is 1.42. The minimum Gasteiger partial charge on any atom is -0.491 e. The van der Waals surface area contributed by atoms with E-state index in [1.807, 2.05) is 0 Å². The Kier molecular flexibility index (Phi) is 5.49. The van der Waals surface area contributed by atoms with Gasteiger partial charge in [-0.05, 0) is 56.0 Å². The van der Waals surface area contributed by atoms with Crippen LogP contribution in [0.15, 0.2) is 24.3 Å². The Morgan fingerprint density at radius 1 is 1.11 bits per heavy atom. The third-order valence-corrected chi connectivity index (χ3v) is 3.46. The molecule has 0 amide bonds. The Morgan fingerprint density at radius 3 is 2.50 bits per heavy atom. The molecule has 0 spiro atoms. The van der Waals surface area contributed by atoms with E-state index in [4.69, 9.17) is 9.47 Å². The first kappa shape index (κ1) is 13.4. The molecule has 0 aromatic heterocycles. The molecule has 1 N–H and O–H groups in total. The van der Waals surface area contributed by atoms with Gasteiger partial charge < -0.3 is 14.8 Å². The van der Waals surface area contributed by atoms with Crippen LogP contribution >= 0.6 is 0 Å². The molecule has 0 unspecified atom stereocenters. The fraction of sp³-hybridized carbons (Fsp3) is 0.600. The Morgan fingerprint density at radius 2 is 1.83 bits per heavy atom. The second-order valence-corrected chi connectivity index (χ2v) is 4.88.